The minimum atomic E-state index is -1.13. The number of hydrogen-bond donors (Lipinski definition) is 3. The Morgan fingerprint density at radius 3 is 2.32 bits per heavy atom. The van der Waals surface area contributed by atoms with E-state index >= 15 is 0 Å². The average molecular weight is 272 g/mol. The third kappa shape index (κ3) is 4.09. The van der Waals surface area contributed by atoms with Gasteiger partial charge in [-0.3, -0.25) is 0 Å². The van der Waals surface area contributed by atoms with Crippen molar-refractivity contribution in [3.63, 3.8) is 0 Å². The molecule has 0 heterocycles. The Morgan fingerprint density at radius 2 is 1.84 bits per heavy atom. The summed E-state index contributed by atoms with van der Waals surface area (Å²) in [6, 6.07) is -0.389. The van der Waals surface area contributed by atoms with Crippen molar-refractivity contribution in [2.75, 3.05) is 19.7 Å². The lowest BCUT2D eigenvalue weighted by Gasteiger charge is -2.36. The highest BCUT2D eigenvalue weighted by molar-refractivity contribution is 5.86. The van der Waals surface area contributed by atoms with E-state index in [2.05, 4.69) is 5.32 Å². The van der Waals surface area contributed by atoms with Crippen molar-refractivity contribution >= 4 is 12.0 Å². The van der Waals surface area contributed by atoms with Crippen molar-refractivity contribution in [3.05, 3.63) is 0 Å². The molecule has 1 aliphatic carbocycles. The number of carboxylic acid groups (broad SMARTS) is 1. The fourth-order valence-electron chi connectivity index (χ4n) is 2.54. The van der Waals surface area contributed by atoms with Gasteiger partial charge < -0.3 is 20.4 Å². The fraction of sp³-hybridized carbons (Fsp3) is 0.846. The Labute approximate surface area is 113 Å². The van der Waals surface area contributed by atoms with Crippen molar-refractivity contribution in [2.24, 2.45) is 0 Å². The van der Waals surface area contributed by atoms with E-state index in [1.807, 2.05) is 6.92 Å². The number of nitrogens with one attached hydrogen (secondary N) is 1. The highest BCUT2D eigenvalue weighted by Gasteiger charge is 2.41. The number of amides is 2. The summed E-state index contributed by atoms with van der Waals surface area (Å²) in [6.07, 6.45) is 4.38. The first-order valence-corrected chi connectivity index (χ1v) is 6.97. The standard InChI is InChI=1S/C13H24N2O4/c1-2-8-15(9-10-16)12(19)14-13(11(17)18)6-4-3-5-7-13/h16H,2-10H2,1H3,(H,14,19)(H,17,18). The molecule has 110 valence electrons. The zero-order valence-electron chi connectivity index (χ0n) is 11.5. The van der Waals surface area contributed by atoms with E-state index < -0.39 is 11.5 Å². The predicted molar refractivity (Wildman–Crippen MR) is 70.9 cm³/mol. The van der Waals surface area contributed by atoms with E-state index in [4.69, 9.17) is 5.11 Å². The molecule has 0 saturated heterocycles. The number of aliphatic carboxylic acids is 1. The van der Waals surface area contributed by atoms with Crippen LogP contribution in [0.15, 0.2) is 0 Å². The highest BCUT2D eigenvalue weighted by atomic mass is 16.4. The second kappa shape index (κ2) is 7.33. The van der Waals surface area contributed by atoms with Crippen LogP contribution in [0.1, 0.15) is 45.4 Å². The van der Waals surface area contributed by atoms with Crippen LogP contribution >= 0.6 is 0 Å². The van der Waals surface area contributed by atoms with Gasteiger partial charge in [-0.25, -0.2) is 9.59 Å². The van der Waals surface area contributed by atoms with E-state index in [1.165, 1.54) is 4.90 Å². The highest BCUT2D eigenvalue weighted by Crippen LogP contribution is 2.28. The van der Waals surface area contributed by atoms with Gasteiger partial charge in [0, 0.05) is 13.1 Å². The van der Waals surface area contributed by atoms with Gasteiger partial charge in [0.05, 0.1) is 6.61 Å². The molecule has 0 aromatic carbocycles. The number of carboxylic acids is 1. The van der Waals surface area contributed by atoms with Gasteiger partial charge in [0.25, 0.3) is 0 Å². The molecule has 0 radical (unpaired) electrons. The van der Waals surface area contributed by atoms with Crippen LogP contribution in [0.4, 0.5) is 4.79 Å². The van der Waals surface area contributed by atoms with Crippen LogP contribution in [0.2, 0.25) is 0 Å². The van der Waals surface area contributed by atoms with Gasteiger partial charge >= 0.3 is 12.0 Å². The summed E-state index contributed by atoms with van der Waals surface area (Å²) < 4.78 is 0. The van der Waals surface area contributed by atoms with Gasteiger partial charge in [0.15, 0.2) is 0 Å². The zero-order chi connectivity index (χ0) is 14.3. The lowest BCUT2D eigenvalue weighted by atomic mass is 9.82. The summed E-state index contributed by atoms with van der Waals surface area (Å²) in [7, 11) is 0. The quantitative estimate of drug-likeness (QED) is 0.677. The number of carbonyl (C=O) groups excluding carboxylic acids is 1. The van der Waals surface area contributed by atoms with Gasteiger partial charge in [0.1, 0.15) is 5.54 Å². The molecule has 0 spiro atoms. The molecular weight excluding hydrogens is 248 g/mol. The van der Waals surface area contributed by atoms with Gasteiger partial charge in [-0.2, -0.15) is 0 Å². The molecule has 6 nitrogen and oxygen atoms in total. The molecule has 3 N–H and O–H groups in total. The molecule has 1 rings (SSSR count). The Bertz CT molecular complexity index is 308. The zero-order valence-corrected chi connectivity index (χ0v) is 11.5. The maximum atomic E-state index is 12.1. The van der Waals surface area contributed by atoms with Gasteiger partial charge in [-0.15, -0.1) is 0 Å². The van der Waals surface area contributed by atoms with E-state index in [0.717, 1.165) is 25.7 Å². The number of aliphatic hydroxyl groups excluding tert-OH is 1. The summed E-state index contributed by atoms with van der Waals surface area (Å²) in [6.45, 7) is 2.57. The number of nitrogens with zero attached hydrogens (tertiary/aromatic N) is 1. The minimum absolute atomic E-state index is 0.118. The SMILES string of the molecule is CCCN(CCO)C(=O)NC1(C(=O)O)CCCCC1. The molecular formula is C13H24N2O4. The summed E-state index contributed by atoms with van der Waals surface area (Å²) >= 11 is 0. The van der Waals surface area contributed by atoms with Gasteiger partial charge in [-0.1, -0.05) is 26.2 Å². The molecule has 0 atom stereocenters. The molecule has 1 fully saturated rings. The first kappa shape index (κ1) is 15.8. The van der Waals surface area contributed by atoms with Crippen LogP contribution in [0.3, 0.4) is 0 Å². The topological polar surface area (TPSA) is 89.9 Å². The minimum Gasteiger partial charge on any atom is -0.480 e. The Kier molecular flexibility index (Phi) is 6.08. The first-order chi connectivity index (χ1) is 9.05. The molecule has 0 unspecified atom stereocenters. The number of hydrogen-bond acceptors (Lipinski definition) is 3. The molecule has 19 heavy (non-hydrogen) atoms. The Balaban J connectivity index is 2.71. The van der Waals surface area contributed by atoms with Crippen LogP contribution in [-0.2, 0) is 4.79 Å². The number of urea groups is 1. The number of rotatable bonds is 6. The molecule has 0 bridgehead atoms. The van der Waals surface area contributed by atoms with E-state index in [9.17, 15) is 14.7 Å². The van der Waals surface area contributed by atoms with E-state index in [0.29, 0.717) is 19.4 Å². The van der Waals surface area contributed by atoms with Crippen LogP contribution in [0.5, 0.6) is 0 Å². The molecule has 0 aliphatic heterocycles. The van der Waals surface area contributed by atoms with Crippen molar-refractivity contribution in [1.29, 1.82) is 0 Å². The van der Waals surface area contributed by atoms with Crippen LogP contribution < -0.4 is 5.32 Å². The maximum Gasteiger partial charge on any atom is 0.329 e. The average Bonchev–Trinajstić information content (AvgIpc) is 2.39. The summed E-state index contributed by atoms with van der Waals surface area (Å²) in [5.74, 6) is -0.957. The third-order valence-electron chi connectivity index (χ3n) is 3.61. The smallest absolute Gasteiger partial charge is 0.329 e. The molecule has 0 aromatic rings. The third-order valence-corrected chi connectivity index (χ3v) is 3.61. The summed E-state index contributed by atoms with van der Waals surface area (Å²) in [4.78, 5) is 25.1. The number of aliphatic hydroxyl groups is 1. The monoisotopic (exact) mass is 272 g/mol. The maximum absolute atomic E-state index is 12.1. The summed E-state index contributed by atoms with van der Waals surface area (Å²) in [5, 5.41) is 21.0. The van der Waals surface area contributed by atoms with Crippen LogP contribution in [-0.4, -0.2) is 52.3 Å². The van der Waals surface area contributed by atoms with E-state index in [-0.39, 0.29) is 19.2 Å². The number of carbonyl (C=O) groups is 2. The predicted octanol–water partition coefficient (Wildman–Crippen LogP) is 1.19. The van der Waals surface area contributed by atoms with Crippen LogP contribution in [0, 0.1) is 0 Å². The second-order valence-corrected chi connectivity index (χ2v) is 5.09. The van der Waals surface area contributed by atoms with Crippen molar-refractivity contribution in [1.82, 2.24) is 10.2 Å². The molecule has 1 aliphatic rings. The molecule has 6 heteroatoms. The molecule has 0 aromatic heterocycles. The van der Waals surface area contributed by atoms with E-state index in [1.54, 1.807) is 0 Å². The fourth-order valence-corrected chi connectivity index (χ4v) is 2.54. The Hall–Kier alpha value is -1.30. The van der Waals surface area contributed by atoms with Crippen molar-refractivity contribution in [2.45, 2.75) is 51.0 Å². The first-order valence-electron chi connectivity index (χ1n) is 6.97. The second-order valence-electron chi connectivity index (χ2n) is 5.09. The van der Waals surface area contributed by atoms with Crippen molar-refractivity contribution in [3.8, 4) is 0 Å². The van der Waals surface area contributed by atoms with Crippen molar-refractivity contribution < 1.29 is 19.8 Å². The van der Waals surface area contributed by atoms with Crippen LogP contribution in [0.25, 0.3) is 0 Å². The lowest BCUT2D eigenvalue weighted by Crippen LogP contribution is -2.59. The molecule has 2 amide bonds. The van der Waals surface area contributed by atoms with Gasteiger partial charge in [-0.05, 0) is 19.3 Å². The Morgan fingerprint density at radius 1 is 1.21 bits per heavy atom. The normalized spacial score (nSPS) is 17.8. The molecule has 1 saturated carbocycles. The van der Waals surface area contributed by atoms with Gasteiger partial charge in [0.2, 0.25) is 0 Å². The largest absolute Gasteiger partial charge is 0.480 e. The lowest BCUT2D eigenvalue weighted by molar-refractivity contribution is -0.146. The summed E-state index contributed by atoms with van der Waals surface area (Å²) in [5.41, 5.74) is -1.13.